The van der Waals surface area contributed by atoms with Crippen molar-refractivity contribution in [3.63, 3.8) is 0 Å². The average molecular weight is 360 g/mol. The standard InChI is InChI=1S/C17H20N4O5/c1-20-12(8-15(23)21(2)17(20)25)9-18-14(22)10-19-16(24)11-4-6-13(26-3)7-5-11/h4-8H,9-10H2,1-3H3,(H,18,22)(H,19,24). The Hall–Kier alpha value is -3.36. The summed E-state index contributed by atoms with van der Waals surface area (Å²) in [5, 5.41) is 5.05. The summed E-state index contributed by atoms with van der Waals surface area (Å²) in [5.74, 6) is -0.220. The molecule has 2 rings (SSSR count). The van der Waals surface area contributed by atoms with Gasteiger partial charge in [0, 0.05) is 31.4 Å². The van der Waals surface area contributed by atoms with Crippen LogP contribution in [-0.2, 0) is 25.4 Å². The van der Waals surface area contributed by atoms with Gasteiger partial charge in [0.05, 0.1) is 20.2 Å². The van der Waals surface area contributed by atoms with E-state index in [2.05, 4.69) is 10.6 Å². The molecule has 9 nitrogen and oxygen atoms in total. The van der Waals surface area contributed by atoms with E-state index in [0.29, 0.717) is 17.0 Å². The fourth-order valence-corrected chi connectivity index (χ4v) is 2.20. The molecular formula is C17H20N4O5. The van der Waals surface area contributed by atoms with Crippen LogP contribution in [0.15, 0.2) is 39.9 Å². The molecule has 0 aliphatic heterocycles. The number of carbonyl (C=O) groups excluding carboxylic acids is 2. The third-order valence-electron chi connectivity index (χ3n) is 3.85. The molecule has 0 unspecified atom stereocenters. The van der Waals surface area contributed by atoms with Crippen molar-refractivity contribution < 1.29 is 14.3 Å². The number of carbonyl (C=O) groups is 2. The number of methoxy groups -OCH3 is 1. The molecule has 2 N–H and O–H groups in total. The zero-order chi connectivity index (χ0) is 19.3. The molecule has 2 aromatic rings. The van der Waals surface area contributed by atoms with Crippen LogP contribution in [-0.4, -0.2) is 34.6 Å². The van der Waals surface area contributed by atoms with Crippen molar-refractivity contribution in [3.8, 4) is 5.75 Å². The predicted molar refractivity (Wildman–Crippen MR) is 94.1 cm³/mol. The average Bonchev–Trinajstić information content (AvgIpc) is 2.66. The Balaban J connectivity index is 1.90. The van der Waals surface area contributed by atoms with Crippen LogP contribution >= 0.6 is 0 Å². The molecule has 0 aliphatic carbocycles. The van der Waals surface area contributed by atoms with E-state index in [1.807, 2.05) is 0 Å². The summed E-state index contributed by atoms with van der Waals surface area (Å²) in [5.41, 5.74) is -0.166. The molecule has 1 aromatic carbocycles. The third kappa shape index (κ3) is 4.38. The second kappa shape index (κ2) is 8.15. The van der Waals surface area contributed by atoms with E-state index in [-0.39, 0.29) is 13.1 Å². The lowest BCUT2D eigenvalue weighted by Crippen LogP contribution is -2.41. The first kappa shape index (κ1) is 19.0. The fraction of sp³-hybridized carbons (Fsp3) is 0.294. The quantitative estimate of drug-likeness (QED) is 0.696. The lowest BCUT2D eigenvalue weighted by atomic mass is 10.2. The number of hydrogen-bond acceptors (Lipinski definition) is 5. The molecule has 1 heterocycles. The summed E-state index contributed by atoms with van der Waals surface area (Å²) >= 11 is 0. The lowest BCUT2D eigenvalue weighted by molar-refractivity contribution is -0.120. The van der Waals surface area contributed by atoms with Crippen molar-refractivity contribution in [2.75, 3.05) is 13.7 Å². The minimum Gasteiger partial charge on any atom is -0.497 e. The van der Waals surface area contributed by atoms with Crippen LogP contribution in [0.5, 0.6) is 5.75 Å². The van der Waals surface area contributed by atoms with Gasteiger partial charge in [-0.15, -0.1) is 0 Å². The van der Waals surface area contributed by atoms with E-state index in [4.69, 9.17) is 4.74 Å². The highest BCUT2D eigenvalue weighted by Gasteiger charge is 2.10. The van der Waals surface area contributed by atoms with E-state index in [9.17, 15) is 19.2 Å². The highest BCUT2D eigenvalue weighted by molar-refractivity contribution is 5.96. The third-order valence-corrected chi connectivity index (χ3v) is 3.85. The van der Waals surface area contributed by atoms with Crippen molar-refractivity contribution in [1.29, 1.82) is 0 Å². The van der Waals surface area contributed by atoms with Gasteiger partial charge in [0.2, 0.25) is 5.91 Å². The Labute approximate surface area is 149 Å². The maximum Gasteiger partial charge on any atom is 0.330 e. The Kier molecular flexibility index (Phi) is 5.94. The molecule has 0 radical (unpaired) electrons. The van der Waals surface area contributed by atoms with Gasteiger partial charge < -0.3 is 15.4 Å². The van der Waals surface area contributed by atoms with E-state index >= 15 is 0 Å². The first-order valence-electron chi connectivity index (χ1n) is 7.78. The van der Waals surface area contributed by atoms with Gasteiger partial charge in [-0.1, -0.05) is 0 Å². The summed E-state index contributed by atoms with van der Waals surface area (Å²) in [7, 11) is 4.41. The minimum atomic E-state index is -0.477. The van der Waals surface area contributed by atoms with Gasteiger partial charge in [-0.3, -0.25) is 23.5 Å². The normalized spacial score (nSPS) is 10.3. The van der Waals surface area contributed by atoms with Crippen molar-refractivity contribution in [2.45, 2.75) is 6.54 Å². The first-order chi connectivity index (χ1) is 12.3. The lowest BCUT2D eigenvalue weighted by Gasteiger charge is -2.11. The minimum absolute atomic E-state index is 0.000933. The van der Waals surface area contributed by atoms with Gasteiger partial charge >= 0.3 is 5.69 Å². The fourth-order valence-electron chi connectivity index (χ4n) is 2.20. The molecule has 138 valence electrons. The molecule has 0 bridgehead atoms. The van der Waals surface area contributed by atoms with Gasteiger partial charge in [0.1, 0.15) is 5.75 Å². The van der Waals surface area contributed by atoms with Crippen LogP contribution in [0.2, 0.25) is 0 Å². The topological polar surface area (TPSA) is 111 Å². The number of aromatic nitrogens is 2. The molecule has 0 saturated heterocycles. The van der Waals surface area contributed by atoms with E-state index in [1.165, 1.54) is 31.8 Å². The Bertz CT molecular complexity index is 928. The Morgan fingerprint density at radius 1 is 1.04 bits per heavy atom. The van der Waals surface area contributed by atoms with Gasteiger partial charge in [0.15, 0.2) is 0 Å². The first-order valence-corrected chi connectivity index (χ1v) is 7.78. The van der Waals surface area contributed by atoms with Crippen LogP contribution in [0.25, 0.3) is 0 Å². The smallest absolute Gasteiger partial charge is 0.330 e. The van der Waals surface area contributed by atoms with E-state index in [0.717, 1.165) is 4.57 Å². The molecule has 0 fully saturated rings. The van der Waals surface area contributed by atoms with Crippen LogP contribution in [0.3, 0.4) is 0 Å². The van der Waals surface area contributed by atoms with E-state index < -0.39 is 23.1 Å². The van der Waals surface area contributed by atoms with Crippen molar-refractivity contribution >= 4 is 11.8 Å². The second-order valence-corrected chi connectivity index (χ2v) is 5.56. The largest absolute Gasteiger partial charge is 0.497 e. The number of benzene rings is 1. The molecular weight excluding hydrogens is 340 g/mol. The Morgan fingerprint density at radius 2 is 1.69 bits per heavy atom. The maximum absolute atomic E-state index is 12.0. The number of hydrogen-bond donors (Lipinski definition) is 2. The molecule has 1 aromatic heterocycles. The summed E-state index contributed by atoms with van der Waals surface area (Å²) in [6.45, 7) is -0.233. The SMILES string of the molecule is COc1ccc(C(=O)NCC(=O)NCc2cc(=O)n(C)c(=O)n2C)cc1. The van der Waals surface area contributed by atoms with Crippen molar-refractivity contribution in [1.82, 2.24) is 19.8 Å². The molecule has 0 spiro atoms. The summed E-state index contributed by atoms with van der Waals surface area (Å²) in [4.78, 5) is 47.3. The van der Waals surface area contributed by atoms with E-state index in [1.54, 1.807) is 24.3 Å². The van der Waals surface area contributed by atoms with Crippen LogP contribution in [0, 0.1) is 0 Å². The molecule has 26 heavy (non-hydrogen) atoms. The maximum atomic E-state index is 12.0. The van der Waals surface area contributed by atoms with Gasteiger partial charge in [-0.05, 0) is 24.3 Å². The van der Waals surface area contributed by atoms with Gasteiger partial charge in [-0.25, -0.2) is 4.79 Å². The number of ether oxygens (including phenoxy) is 1. The summed E-state index contributed by atoms with van der Waals surface area (Å²) < 4.78 is 7.26. The van der Waals surface area contributed by atoms with Crippen LogP contribution < -0.4 is 26.6 Å². The van der Waals surface area contributed by atoms with Crippen molar-refractivity contribution in [3.05, 3.63) is 62.4 Å². The highest BCUT2D eigenvalue weighted by atomic mass is 16.5. The number of nitrogens with zero attached hydrogens (tertiary/aromatic N) is 2. The molecule has 0 saturated carbocycles. The number of nitrogens with one attached hydrogen (secondary N) is 2. The molecule has 0 aliphatic rings. The summed E-state index contributed by atoms with van der Waals surface area (Å²) in [6.07, 6.45) is 0. The molecule has 9 heteroatoms. The number of amides is 2. The second-order valence-electron chi connectivity index (χ2n) is 5.56. The highest BCUT2D eigenvalue weighted by Crippen LogP contribution is 2.10. The van der Waals surface area contributed by atoms with Gasteiger partial charge in [-0.2, -0.15) is 0 Å². The zero-order valence-corrected chi connectivity index (χ0v) is 14.7. The number of rotatable bonds is 6. The zero-order valence-electron chi connectivity index (χ0n) is 14.7. The Morgan fingerprint density at radius 3 is 2.31 bits per heavy atom. The van der Waals surface area contributed by atoms with Crippen LogP contribution in [0.4, 0.5) is 0 Å². The summed E-state index contributed by atoms with van der Waals surface area (Å²) in [6, 6.07) is 7.73. The predicted octanol–water partition coefficient (Wildman–Crippen LogP) is -0.861. The van der Waals surface area contributed by atoms with Gasteiger partial charge in [0.25, 0.3) is 11.5 Å². The molecule has 2 amide bonds. The van der Waals surface area contributed by atoms with Crippen LogP contribution in [0.1, 0.15) is 16.1 Å². The monoisotopic (exact) mass is 360 g/mol. The van der Waals surface area contributed by atoms with Crippen molar-refractivity contribution in [2.24, 2.45) is 14.1 Å². The molecule has 0 atom stereocenters.